The van der Waals surface area contributed by atoms with Gasteiger partial charge in [-0.2, -0.15) is 0 Å². The van der Waals surface area contributed by atoms with Gasteiger partial charge in [0.25, 0.3) is 0 Å². The van der Waals surface area contributed by atoms with Gasteiger partial charge >= 0.3 is 5.97 Å². The normalized spacial score (nSPS) is 18.8. The Labute approximate surface area is 109 Å². The lowest BCUT2D eigenvalue weighted by atomic mass is 9.89. The molecular weight excluding hydrogens is 254 g/mol. The molecule has 0 radical (unpaired) electrons. The summed E-state index contributed by atoms with van der Waals surface area (Å²) in [5.41, 5.74) is 0.107. The summed E-state index contributed by atoms with van der Waals surface area (Å²) in [4.78, 5) is 10.9. The smallest absolute Gasteiger partial charge is 0.305 e. The third-order valence-electron chi connectivity index (χ3n) is 3.55. The molecule has 1 aliphatic carbocycles. The van der Waals surface area contributed by atoms with Crippen LogP contribution >= 0.6 is 0 Å². The van der Waals surface area contributed by atoms with Gasteiger partial charge < -0.3 is 4.74 Å². The molecule has 1 rings (SSSR count). The second kappa shape index (κ2) is 6.52. The van der Waals surface area contributed by atoms with Gasteiger partial charge in [0.05, 0.1) is 12.9 Å². The third-order valence-corrected chi connectivity index (χ3v) is 4.96. The summed E-state index contributed by atoms with van der Waals surface area (Å²) in [5, 5.41) is 0. The molecule has 0 spiro atoms. The van der Waals surface area contributed by atoms with Crippen LogP contribution in [0.25, 0.3) is 0 Å². The molecule has 0 heterocycles. The number of rotatable bonds is 7. The zero-order chi connectivity index (χ0) is 13.6. The topological polar surface area (TPSA) is 72.5 Å². The third kappa shape index (κ3) is 5.35. The van der Waals surface area contributed by atoms with E-state index in [0.717, 1.165) is 12.8 Å². The Kier molecular flexibility index (Phi) is 5.59. The van der Waals surface area contributed by atoms with Crippen molar-refractivity contribution in [3.05, 3.63) is 0 Å². The van der Waals surface area contributed by atoms with Crippen molar-refractivity contribution in [2.24, 2.45) is 5.41 Å². The van der Waals surface area contributed by atoms with E-state index in [1.54, 1.807) is 0 Å². The monoisotopic (exact) mass is 277 g/mol. The average Bonchev–Trinajstić information content (AvgIpc) is 2.74. The molecule has 0 aromatic heterocycles. The molecule has 1 fully saturated rings. The van der Waals surface area contributed by atoms with Crippen molar-refractivity contribution >= 4 is 16.0 Å². The van der Waals surface area contributed by atoms with Crippen molar-refractivity contribution in [1.82, 2.24) is 4.72 Å². The summed E-state index contributed by atoms with van der Waals surface area (Å²) >= 11 is 0. The summed E-state index contributed by atoms with van der Waals surface area (Å²) in [5.74, 6) is -0.383. The van der Waals surface area contributed by atoms with E-state index in [9.17, 15) is 13.2 Å². The first-order valence-electron chi connectivity index (χ1n) is 6.41. The summed E-state index contributed by atoms with van der Waals surface area (Å²) in [6.07, 6.45) is 4.98. The Balaban J connectivity index is 2.29. The molecular formula is C12H23NO4S. The molecule has 1 aliphatic rings. The zero-order valence-corrected chi connectivity index (χ0v) is 12.0. The predicted molar refractivity (Wildman–Crippen MR) is 69.6 cm³/mol. The second-order valence-corrected chi connectivity index (χ2v) is 7.26. The first kappa shape index (κ1) is 15.4. The number of nitrogens with one attached hydrogen (secondary N) is 1. The van der Waals surface area contributed by atoms with Gasteiger partial charge in [0.1, 0.15) is 0 Å². The molecule has 1 N–H and O–H groups in total. The van der Waals surface area contributed by atoms with E-state index < -0.39 is 10.0 Å². The van der Waals surface area contributed by atoms with Gasteiger partial charge in [0, 0.05) is 13.0 Å². The number of carbonyl (C=O) groups is 1. The van der Waals surface area contributed by atoms with Crippen molar-refractivity contribution in [1.29, 1.82) is 0 Å². The lowest BCUT2D eigenvalue weighted by Crippen LogP contribution is -2.35. The van der Waals surface area contributed by atoms with E-state index in [2.05, 4.69) is 16.4 Å². The van der Waals surface area contributed by atoms with Gasteiger partial charge in [-0.15, -0.1) is 0 Å². The number of sulfonamides is 1. The van der Waals surface area contributed by atoms with Gasteiger partial charge in [-0.1, -0.05) is 19.8 Å². The van der Waals surface area contributed by atoms with E-state index >= 15 is 0 Å². The Morgan fingerprint density at radius 3 is 2.50 bits per heavy atom. The Hall–Kier alpha value is -0.620. The number of ether oxygens (including phenoxy) is 1. The van der Waals surface area contributed by atoms with Gasteiger partial charge in [-0.3, -0.25) is 4.79 Å². The quantitative estimate of drug-likeness (QED) is 0.715. The Bertz CT molecular complexity index is 372. The van der Waals surface area contributed by atoms with E-state index in [0.29, 0.717) is 13.0 Å². The molecule has 106 valence electrons. The average molecular weight is 277 g/mol. The maximum atomic E-state index is 11.7. The van der Waals surface area contributed by atoms with Gasteiger partial charge in [-0.05, 0) is 24.7 Å². The van der Waals surface area contributed by atoms with Crippen LogP contribution in [0.2, 0.25) is 0 Å². The molecule has 0 aromatic carbocycles. The zero-order valence-electron chi connectivity index (χ0n) is 11.2. The summed E-state index contributed by atoms with van der Waals surface area (Å²) in [6, 6.07) is 0. The lowest BCUT2D eigenvalue weighted by molar-refractivity contribution is -0.140. The lowest BCUT2D eigenvalue weighted by Gasteiger charge is -2.23. The summed E-state index contributed by atoms with van der Waals surface area (Å²) in [6.45, 7) is 2.63. The second-order valence-electron chi connectivity index (χ2n) is 5.34. The highest BCUT2D eigenvalue weighted by Crippen LogP contribution is 2.36. The predicted octanol–water partition coefficient (Wildman–Crippen LogP) is 1.44. The van der Waals surface area contributed by atoms with E-state index in [4.69, 9.17) is 0 Å². The highest BCUT2D eigenvalue weighted by molar-refractivity contribution is 7.89. The van der Waals surface area contributed by atoms with Crippen LogP contribution in [0.1, 0.15) is 45.4 Å². The Morgan fingerprint density at radius 1 is 1.33 bits per heavy atom. The SMILES string of the molecule is COC(=O)CCCS(=O)(=O)NCC1(C)CCCC1. The minimum atomic E-state index is -3.27. The molecule has 18 heavy (non-hydrogen) atoms. The van der Waals surface area contributed by atoms with Gasteiger partial charge in [-0.25, -0.2) is 13.1 Å². The highest BCUT2D eigenvalue weighted by atomic mass is 32.2. The number of hydrogen-bond donors (Lipinski definition) is 1. The van der Waals surface area contributed by atoms with Crippen molar-refractivity contribution < 1.29 is 17.9 Å². The van der Waals surface area contributed by atoms with Crippen LogP contribution in [0.3, 0.4) is 0 Å². The number of esters is 1. The molecule has 0 atom stereocenters. The van der Waals surface area contributed by atoms with Crippen LogP contribution in [0.5, 0.6) is 0 Å². The maximum absolute atomic E-state index is 11.7. The molecule has 0 aromatic rings. The highest BCUT2D eigenvalue weighted by Gasteiger charge is 2.29. The molecule has 5 nitrogen and oxygen atoms in total. The number of carbonyl (C=O) groups excluding carboxylic acids is 1. The fourth-order valence-electron chi connectivity index (χ4n) is 2.27. The van der Waals surface area contributed by atoms with Crippen molar-refractivity contribution in [3.63, 3.8) is 0 Å². The van der Waals surface area contributed by atoms with Crippen molar-refractivity contribution in [2.45, 2.75) is 45.4 Å². The number of hydrogen-bond acceptors (Lipinski definition) is 4. The van der Waals surface area contributed by atoms with Crippen molar-refractivity contribution in [3.8, 4) is 0 Å². The molecule has 0 amide bonds. The molecule has 0 saturated heterocycles. The fraction of sp³-hybridized carbons (Fsp3) is 0.917. The minimum Gasteiger partial charge on any atom is -0.469 e. The largest absolute Gasteiger partial charge is 0.469 e. The first-order chi connectivity index (χ1) is 8.37. The first-order valence-corrected chi connectivity index (χ1v) is 8.06. The maximum Gasteiger partial charge on any atom is 0.305 e. The van der Waals surface area contributed by atoms with E-state index in [1.165, 1.54) is 20.0 Å². The minimum absolute atomic E-state index is 0.0157. The van der Waals surface area contributed by atoms with Gasteiger partial charge in [0.15, 0.2) is 0 Å². The van der Waals surface area contributed by atoms with Crippen LogP contribution in [0.15, 0.2) is 0 Å². The van der Waals surface area contributed by atoms with Crippen LogP contribution < -0.4 is 4.72 Å². The van der Waals surface area contributed by atoms with E-state index in [-0.39, 0.29) is 23.6 Å². The van der Waals surface area contributed by atoms with Crippen LogP contribution in [0.4, 0.5) is 0 Å². The molecule has 1 saturated carbocycles. The molecule has 0 unspecified atom stereocenters. The standard InChI is InChI=1S/C12H23NO4S/c1-12(7-3-4-8-12)10-13-18(15,16)9-5-6-11(14)17-2/h13H,3-10H2,1-2H3. The fourth-order valence-corrected chi connectivity index (χ4v) is 3.51. The molecule has 6 heteroatoms. The van der Waals surface area contributed by atoms with Crippen LogP contribution in [0, 0.1) is 5.41 Å². The van der Waals surface area contributed by atoms with Gasteiger partial charge in [0.2, 0.25) is 10.0 Å². The summed E-state index contributed by atoms with van der Waals surface area (Å²) < 4.78 is 30.6. The van der Waals surface area contributed by atoms with Crippen LogP contribution in [-0.2, 0) is 19.6 Å². The summed E-state index contributed by atoms with van der Waals surface area (Å²) in [7, 11) is -1.97. The molecule has 0 bridgehead atoms. The molecule has 0 aliphatic heterocycles. The Morgan fingerprint density at radius 2 is 1.94 bits per heavy atom. The van der Waals surface area contributed by atoms with Crippen LogP contribution in [-0.4, -0.2) is 33.8 Å². The van der Waals surface area contributed by atoms with E-state index in [1.807, 2.05) is 0 Å². The number of methoxy groups -OCH3 is 1. The van der Waals surface area contributed by atoms with Crippen molar-refractivity contribution in [2.75, 3.05) is 19.4 Å².